The summed E-state index contributed by atoms with van der Waals surface area (Å²) >= 11 is 0. The number of carbonyl (C=O) groups excluding carboxylic acids is 1. The van der Waals surface area contributed by atoms with Gasteiger partial charge in [-0.05, 0) is 51.6 Å². The molecule has 1 aromatic carbocycles. The topological polar surface area (TPSA) is 53.2 Å². The maximum atomic E-state index is 11.8. The van der Waals surface area contributed by atoms with Crippen molar-refractivity contribution < 1.29 is 4.79 Å². The summed E-state index contributed by atoms with van der Waals surface area (Å²) in [7, 11) is 0. The zero-order valence-electron chi connectivity index (χ0n) is 14.0. The van der Waals surface area contributed by atoms with Gasteiger partial charge in [0, 0.05) is 18.1 Å². The van der Waals surface area contributed by atoms with Crippen molar-refractivity contribution in [1.82, 2.24) is 16.0 Å². The molecule has 1 fully saturated rings. The minimum absolute atomic E-state index is 0.0721. The number of carbonyl (C=O) groups is 1. The molecule has 0 heterocycles. The SMILES string of the molecule is CC(NC(C)(C)CNC(=O)CNCC1CC1)c1ccccc1. The van der Waals surface area contributed by atoms with E-state index in [1.54, 1.807) is 0 Å². The first-order valence-electron chi connectivity index (χ1n) is 8.26. The Morgan fingerprint density at radius 1 is 1.27 bits per heavy atom. The molecule has 0 aliphatic heterocycles. The van der Waals surface area contributed by atoms with Crippen LogP contribution < -0.4 is 16.0 Å². The van der Waals surface area contributed by atoms with E-state index in [0.29, 0.717) is 13.1 Å². The van der Waals surface area contributed by atoms with Crippen molar-refractivity contribution in [1.29, 1.82) is 0 Å². The lowest BCUT2D eigenvalue weighted by atomic mass is 10.0. The van der Waals surface area contributed by atoms with Crippen molar-refractivity contribution in [3.05, 3.63) is 35.9 Å². The Labute approximate surface area is 134 Å². The van der Waals surface area contributed by atoms with Crippen molar-refractivity contribution in [2.24, 2.45) is 5.92 Å². The molecule has 3 N–H and O–H groups in total. The van der Waals surface area contributed by atoms with Crippen LogP contribution in [0.15, 0.2) is 30.3 Å². The third-order valence-electron chi connectivity index (χ3n) is 4.05. The van der Waals surface area contributed by atoms with E-state index < -0.39 is 0 Å². The number of benzene rings is 1. The fourth-order valence-corrected chi connectivity index (χ4v) is 2.56. The van der Waals surface area contributed by atoms with Crippen molar-refractivity contribution in [3.63, 3.8) is 0 Å². The van der Waals surface area contributed by atoms with E-state index in [1.165, 1.54) is 18.4 Å². The molecule has 22 heavy (non-hydrogen) atoms. The van der Waals surface area contributed by atoms with Crippen molar-refractivity contribution in [2.75, 3.05) is 19.6 Å². The average molecular weight is 303 g/mol. The van der Waals surface area contributed by atoms with Gasteiger partial charge in [0.25, 0.3) is 0 Å². The molecule has 1 aromatic rings. The van der Waals surface area contributed by atoms with Crippen LogP contribution >= 0.6 is 0 Å². The summed E-state index contributed by atoms with van der Waals surface area (Å²) in [5.74, 6) is 0.875. The van der Waals surface area contributed by atoms with Gasteiger partial charge in [0.1, 0.15) is 0 Å². The number of hydrogen-bond donors (Lipinski definition) is 3. The lowest BCUT2D eigenvalue weighted by Gasteiger charge is -2.31. The Balaban J connectivity index is 1.69. The van der Waals surface area contributed by atoms with Crippen LogP contribution in [0.4, 0.5) is 0 Å². The molecule has 0 aromatic heterocycles. The van der Waals surface area contributed by atoms with Crippen molar-refractivity contribution in [3.8, 4) is 0 Å². The molecule has 0 spiro atoms. The molecule has 1 amide bonds. The zero-order chi connectivity index (χ0) is 16.0. The summed E-state index contributed by atoms with van der Waals surface area (Å²) in [4.78, 5) is 11.8. The van der Waals surface area contributed by atoms with Crippen LogP contribution in [-0.2, 0) is 4.79 Å². The predicted molar refractivity (Wildman–Crippen MR) is 90.7 cm³/mol. The second kappa shape index (κ2) is 7.75. The van der Waals surface area contributed by atoms with Gasteiger partial charge in [0.2, 0.25) is 5.91 Å². The average Bonchev–Trinajstić information content (AvgIpc) is 3.30. The highest BCUT2D eigenvalue weighted by molar-refractivity contribution is 5.78. The fourth-order valence-electron chi connectivity index (χ4n) is 2.56. The number of amides is 1. The van der Waals surface area contributed by atoms with Crippen molar-refractivity contribution in [2.45, 2.75) is 45.2 Å². The molecule has 1 saturated carbocycles. The van der Waals surface area contributed by atoms with E-state index in [1.807, 2.05) is 18.2 Å². The largest absolute Gasteiger partial charge is 0.353 e. The number of rotatable bonds is 9. The third kappa shape index (κ3) is 6.16. The van der Waals surface area contributed by atoms with E-state index in [4.69, 9.17) is 0 Å². The lowest BCUT2D eigenvalue weighted by Crippen LogP contribution is -2.51. The highest BCUT2D eigenvalue weighted by Crippen LogP contribution is 2.27. The first-order chi connectivity index (χ1) is 10.5. The van der Waals surface area contributed by atoms with Crippen LogP contribution in [0.25, 0.3) is 0 Å². The summed E-state index contributed by atoms with van der Waals surface area (Å²) < 4.78 is 0. The second-order valence-electron chi connectivity index (χ2n) is 7.01. The molecule has 2 rings (SSSR count). The van der Waals surface area contributed by atoms with Crippen LogP contribution in [-0.4, -0.2) is 31.1 Å². The van der Waals surface area contributed by atoms with Gasteiger partial charge in [0.05, 0.1) is 6.54 Å². The molecule has 1 unspecified atom stereocenters. The molecule has 4 heteroatoms. The molecule has 0 bridgehead atoms. The Morgan fingerprint density at radius 2 is 1.95 bits per heavy atom. The Kier molecular flexibility index (Phi) is 5.98. The summed E-state index contributed by atoms with van der Waals surface area (Å²) in [6.07, 6.45) is 2.62. The standard InChI is InChI=1S/C18H29N3O/c1-14(16-7-5-4-6-8-16)21-18(2,3)13-20-17(22)12-19-11-15-9-10-15/h4-8,14-15,19,21H,9-13H2,1-3H3,(H,20,22). The first kappa shape index (κ1) is 17.0. The molecule has 1 aliphatic carbocycles. The van der Waals surface area contributed by atoms with Crippen LogP contribution in [0.5, 0.6) is 0 Å². The monoisotopic (exact) mass is 303 g/mol. The smallest absolute Gasteiger partial charge is 0.234 e. The van der Waals surface area contributed by atoms with Crippen LogP contribution in [0, 0.1) is 5.92 Å². The molecular weight excluding hydrogens is 274 g/mol. The quantitative estimate of drug-likeness (QED) is 0.656. The Morgan fingerprint density at radius 3 is 2.59 bits per heavy atom. The van der Waals surface area contributed by atoms with Gasteiger partial charge < -0.3 is 16.0 Å². The van der Waals surface area contributed by atoms with Gasteiger partial charge >= 0.3 is 0 Å². The maximum absolute atomic E-state index is 11.8. The van der Waals surface area contributed by atoms with Gasteiger partial charge in [-0.1, -0.05) is 30.3 Å². The van der Waals surface area contributed by atoms with Crippen molar-refractivity contribution >= 4 is 5.91 Å². The van der Waals surface area contributed by atoms with E-state index in [-0.39, 0.29) is 17.5 Å². The summed E-state index contributed by atoms with van der Waals surface area (Å²) in [5, 5.41) is 9.80. The van der Waals surface area contributed by atoms with E-state index in [0.717, 1.165) is 12.5 Å². The van der Waals surface area contributed by atoms with Gasteiger partial charge in [-0.3, -0.25) is 4.79 Å². The van der Waals surface area contributed by atoms with E-state index in [9.17, 15) is 4.79 Å². The normalized spacial score (nSPS) is 16.3. The van der Waals surface area contributed by atoms with Crippen LogP contribution in [0.2, 0.25) is 0 Å². The lowest BCUT2D eigenvalue weighted by molar-refractivity contribution is -0.120. The van der Waals surface area contributed by atoms with Crippen LogP contribution in [0.1, 0.15) is 45.2 Å². The number of hydrogen-bond acceptors (Lipinski definition) is 3. The molecular formula is C18H29N3O. The van der Waals surface area contributed by atoms with Gasteiger partial charge in [-0.15, -0.1) is 0 Å². The summed E-state index contributed by atoms with van der Waals surface area (Å²) in [5.41, 5.74) is 1.11. The predicted octanol–water partition coefficient (Wildman–Crippen LogP) is 2.23. The highest BCUT2D eigenvalue weighted by Gasteiger charge is 2.22. The zero-order valence-corrected chi connectivity index (χ0v) is 14.0. The fraction of sp³-hybridized carbons (Fsp3) is 0.611. The molecule has 1 atom stereocenters. The van der Waals surface area contributed by atoms with E-state index >= 15 is 0 Å². The molecule has 1 aliphatic rings. The Bertz CT molecular complexity index is 468. The molecule has 4 nitrogen and oxygen atoms in total. The van der Waals surface area contributed by atoms with E-state index in [2.05, 4.69) is 48.9 Å². The van der Waals surface area contributed by atoms with Gasteiger partial charge in [0.15, 0.2) is 0 Å². The second-order valence-corrected chi connectivity index (χ2v) is 7.01. The number of nitrogens with one attached hydrogen (secondary N) is 3. The summed E-state index contributed by atoms with van der Waals surface area (Å²) in [6, 6.07) is 10.6. The van der Waals surface area contributed by atoms with Gasteiger partial charge in [-0.25, -0.2) is 0 Å². The van der Waals surface area contributed by atoms with Crippen LogP contribution in [0.3, 0.4) is 0 Å². The third-order valence-corrected chi connectivity index (χ3v) is 4.05. The molecule has 122 valence electrons. The molecule has 0 saturated heterocycles. The highest BCUT2D eigenvalue weighted by atomic mass is 16.1. The summed E-state index contributed by atoms with van der Waals surface area (Å²) in [6.45, 7) is 8.39. The minimum Gasteiger partial charge on any atom is -0.353 e. The molecule has 0 radical (unpaired) electrons. The first-order valence-corrected chi connectivity index (χ1v) is 8.26. The van der Waals surface area contributed by atoms with Gasteiger partial charge in [-0.2, -0.15) is 0 Å². The maximum Gasteiger partial charge on any atom is 0.234 e. The Hall–Kier alpha value is -1.39. The minimum atomic E-state index is -0.151.